The molecule has 2 aromatic carbocycles. The lowest BCUT2D eigenvalue weighted by Gasteiger charge is -2.02. The Labute approximate surface area is 137 Å². The Kier molecular flexibility index (Phi) is 5.43. The first-order chi connectivity index (χ1) is 11.0. The minimum Gasteiger partial charge on any atom is -0.267 e. The van der Waals surface area contributed by atoms with E-state index in [9.17, 15) is 14.9 Å². The van der Waals surface area contributed by atoms with Crippen LogP contribution in [0.3, 0.4) is 0 Å². The van der Waals surface area contributed by atoms with Crippen molar-refractivity contribution in [1.82, 2.24) is 5.43 Å². The molecule has 0 unspecified atom stereocenters. The molecular weight excluding hydrogens is 318 g/mol. The Balaban J connectivity index is 2.10. The molecule has 0 saturated carbocycles. The number of hydrogen-bond acceptors (Lipinski definition) is 4. The van der Waals surface area contributed by atoms with Gasteiger partial charge in [-0.2, -0.15) is 5.10 Å². The molecule has 0 fully saturated rings. The number of aryl methyl sites for hydroxylation is 1. The number of hydrazone groups is 1. The summed E-state index contributed by atoms with van der Waals surface area (Å²) in [7, 11) is 0. The van der Waals surface area contributed by atoms with Crippen LogP contribution >= 0.6 is 11.6 Å². The molecule has 2 rings (SSSR count). The molecule has 1 N–H and O–H groups in total. The fourth-order valence-electron chi connectivity index (χ4n) is 1.99. The summed E-state index contributed by atoms with van der Waals surface area (Å²) in [6, 6.07) is 11.3. The lowest BCUT2D eigenvalue weighted by atomic mass is 10.1. The van der Waals surface area contributed by atoms with Gasteiger partial charge >= 0.3 is 0 Å². The monoisotopic (exact) mass is 331 g/mol. The highest BCUT2D eigenvalue weighted by Gasteiger charge is 2.12. The maximum Gasteiger partial charge on any atom is 0.273 e. The second kappa shape index (κ2) is 7.51. The number of halogens is 1. The fourth-order valence-corrected chi connectivity index (χ4v) is 2.18. The molecule has 0 heterocycles. The molecule has 2 aromatic rings. The molecule has 0 aliphatic carbocycles. The van der Waals surface area contributed by atoms with Crippen molar-refractivity contribution in [3.05, 3.63) is 74.3 Å². The van der Waals surface area contributed by atoms with Crippen molar-refractivity contribution in [1.29, 1.82) is 0 Å². The molecule has 1 amide bonds. The van der Waals surface area contributed by atoms with E-state index in [1.54, 1.807) is 30.3 Å². The van der Waals surface area contributed by atoms with Crippen molar-refractivity contribution in [3.8, 4) is 0 Å². The van der Waals surface area contributed by atoms with E-state index >= 15 is 0 Å². The predicted molar refractivity (Wildman–Crippen MR) is 89.0 cm³/mol. The zero-order chi connectivity index (χ0) is 16.8. The number of nitro groups is 1. The van der Waals surface area contributed by atoms with Crippen molar-refractivity contribution in [2.24, 2.45) is 5.10 Å². The van der Waals surface area contributed by atoms with E-state index in [-0.39, 0.29) is 5.69 Å². The molecule has 0 radical (unpaired) electrons. The van der Waals surface area contributed by atoms with Gasteiger partial charge in [-0.3, -0.25) is 14.9 Å². The van der Waals surface area contributed by atoms with Crippen molar-refractivity contribution >= 4 is 29.4 Å². The molecule has 0 atom stereocenters. The maximum absolute atomic E-state index is 11.9. The summed E-state index contributed by atoms with van der Waals surface area (Å²) in [4.78, 5) is 22.5. The number of hydrogen-bond donors (Lipinski definition) is 1. The van der Waals surface area contributed by atoms with Crippen LogP contribution in [-0.4, -0.2) is 17.0 Å². The van der Waals surface area contributed by atoms with Crippen LogP contribution in [0.5, 0.6) is 0 Å². The van der Waals surface area contributed by atoms with Crippen LogP contribution in [0.15, 0.2) is 47.6 Å². The molecule has 0 aliphatic rings. The van der Waals surface area contributed by atoms with Crippen LogP contribution in [0.2, 0.25) is 5.02 Å². The van der Waals surface area contributed by atoms with Gasteiger partial charge < -0.3 is 0 Å². The Morgan fingerprint density at radius 1 is 1.35 bits per heavy atom. The first kappa shape index (κ1) is 16.6. The summed E-state index contributed by atoms with van der Waals surface area (Å²) in [6.45, 7) is 1.85. The van der Waals surface area contributed by atoms with Gasteiger partial charge in [0, 0.05) is 27.8 Å². The Morgan fingerprint density at radius 3 is 2.78 bits per heavy atom. The topological polar surface area (TPSA) is 84.6 Å². The highest BCUT2D eigenvalue weighted by atomic mass is 35.5. The van der Waals surface area contributed by atoms with Crippen LogP contribution in [-0.2, 0) is 6.42 Å². The minimum atomic E-state index is -0.430. The molecule has 0 aromatic heterocycles. The van der Waals surface area contributed by atoms with Gasteiger partial charge in [0.05, 0.1) is 11.1 Å². The zero-order valence-corrected chi connectivity index (χ0v) is 13.1. The van der Waals surface area contributed by atoms with Gasteiger partial charge in [-0.1, -0.05) is 36.7 Å². The second-order valence-electron chi connectivity index (χ2n) is 4.71. The quantitative estimate of drug-likeness (QED) is 0.516. The van der Waals surface area contributed by atoms with Gasteiger partial charge in [-0.25, -0.2) is 5.43 Å². The summed E-state index contributed by atoms with van der Waals surface area (Å²) in [5.74, 6) is -0.413. The third kappa shape index (κ3) is 4.37. The van der Waals surface area contributed by atoms with Crippen molar-refractivity contribution in [2.75, 3.05) is 0 Å². The summed E-state index contributed by atoms with van der Waals surface area (Å²) < 4.78 is 0. The number of benzene rings is 2. The average Bonchev–Trinajstić information content (AvgIpc) is 2.54. The smallest absolute Gasteiger partial charge is 0.267 e. The number of nitrogens with zero attached hydrogens (tertiary/aromatic N) is 2. The highest BCUT2D eigenvalue weighted by Crippen LogP contribution is 2.20. The normalized spacial score (nSPS) is 10.7. The third-order valence-corrected chi connectivity index (χ3v) is 3.39. The molecule has 0 bridgehead atoms. The number of nitro benzene ring substituents is 1. The van der Waals surface area contributed by atoms with Gasteiger partial charge in [0.15, 0.2) is 0 Å². The first-order valence-electron chi connectivity index (χ1n) is 6.87. The number of amides is 1. The van der Waals surface area contributed by atoms with Crippen LogP contribution in [0.1, 0.15) is 28.4 Å². The highest BCUT2D eigenvalue weighted by molar-refractivity contribution is 6.30. The van der Waals surface area contributed by atoms with Gasteiger partial charge in [0.1, 0.15) is 0 Å². The van der Waals surface area contributed by atoms with Crippen molar-refractivity contribution < 1.29 is 9.72 Å². The Hall–Kier alpha value is -2.73. The van der Waals surface area contributed by atoms with Crippen LogP contribution < -0.4 is 5.43 Å². The van der Waals surface area contributed by atoms with E-state index in [0.717, 1.165) is 0 Å². The average molecular weight is 332 g/mol. The fraction of sp³-hybridized carbons (Fsp3) is 0.125. The molecule has 0 saturated heterocycles. The molecular formula is C16H14ClN3O3. The predicted octanol–water partition coefficient (Wildman–Crippen LogP) is 3.57. The molecule has 23 heavy (non-hydrogen) atoms. The maximum atomic E-state index is 11.9. The van der Waals surface area contributed by atoms with Crippen LogP contribution in [0.4, 0.5) is 5.69 Å². The van der Waals surface area contributed by atoms with E-state index in [0.29, 0.717) is 28.1 Å². The van der Waals surface area contributed by atoms with Crippen LogP contribution in [0, 0.1) is 10.1 Å². The molecule has 118 valence electrons. The molecule has 0 aliphatic heterocycles. The molecule has 7 heteroatoms. The number of carbonyl (C=O) groups excluding carboxylic acids is 1. The first-order valence-corrected chi connectivity index (χ1v) is 7.25. The van der Waals surface area contributed by atoms with Gasteiger partial charge in [-0.15, -0.1) is 0 Å². The minimum absolute atomic E-state index is 0.0395. The summed E-state index contributed by atoms with van der Waals surface area (Å²) in [5.41, 5.74) is 3.95. The largest absolute Gasteiger partial charge is 0.273 e. The van der Waals surface area contributed by atoms with E-state index in [2.05, 4.69) is 10.5 Å². The van der Waals surface area contributed by atoms with Gasteiger partial charge in [0.2, 0.25) is 0 Å². The number of nitrogens with one attached hydrogen (secondary N) is 1. The van der Waals surface area contributed by atoms with Gasteiger partial charge in [0.25, 0.3) is 11.6 Å². The van der Waals surface area contributed by atoms with E-state index in [4.69, 9.17) is 11.6 Å². The van der Waals surface area contributed by atoms with E-state index < -0.39 is 10.8 Å². The summed E-state index contributed by atoms with van der Waals surface area (Å²) in [5, 5.41) is 15.3. The molecule has 6 nitrogen and oxygen atoms in total. The lowest BCUT2D eigenvalue weighted by Crippen LogP contribution is -2.17. The standard InChI is InChI=1S/C16H14ClN3O3/c1-2-12-7-6-11(8-15(12)20(22)23)10-18-19-16(21)13-4-3-5-14(17)9-13/h3-10H,2H2,1H3,(H,19,21)/b18-10-. The Morgan fingerprint density at radius 2 is 2.13 bits per heavy atom. The van der Waals surface area contributed by atoms with E-state index in [1.807, 2.05) is 6.92 Å². The number of carbonyl (C=O) groups is 1. The molecule has 0 spiro atoms. The van der Waals surface area contributed by atoms with Crippen LogP contribution in [0.25, 0.3) is 0 Å². The summed E-state index contributed by atoms with van der Waals surface area (Å²) >= 11 is 5.81. The number of rotatable bonds is 5. The second-order valence-corrected chi connectivity index (χ2v) is 5.14. The van der Waals surface area contributed by atoms with Crippen molar-refractivity contribution in [2.45, 2.75) is 13.3 Å². The SMILES string of the molecule is CCc1ccc(/C=N\NC(=O)c2cccc(Cl)c2)cc1[N+](=O)[O-]. The van der Waals surface area contributed by atoms with E-state index in [1.165, 1.54) is 18.3 Å². The zero-order valence-electron chi connectivity index (χ0n) is 12.3. The van der Waals surface area contributed by atoms with Crippen molar-refractivity contribution in [3.63, 3.8) is 0 Å². The summed E-state index contributed by atoms with van der Waals surface area (Å²) in [6.07, 6.45) is 1.92. The lowest BCUT2D eigenvalue weighted by molar-refractivity contribution is -0.385. The van der Waals surface area contributed by atoms with Gasteiger partial charge in [-0.05, 0) is 24.6 Å². The third-order valence-electron chi connectivity index (χ3n) is 3.15. The Bertz CT molecular complexity index is 775.